The number of fused-ring (bicyclic) bond motifs is 22. The first-order valence-electron chi connectivity index (χ1n) is 37.2. The molecule has 0 radical (unpaired) electrons. The molecule has 0 unspecified atom stereocenters. The van der Waals surface area contributed by atoms with E-state index in [-0.39, 0.29) is 0 Å². The number of aromatic amines is 1. The van der Waals surface area contributed by atoms with Gasteiger partial charge in [0.1, 0.15) is 22.2 Å². The molecule has 0 aliphatic rings. The van der Waals surface area contributed by atoms with Crippen molar-refractivity contribution in [3.8, 4) is 61.8 Å². The van der Waals surface area contributed by atoms with Crippen LogP contribution in [0.3, 0.4) is 0 Å². The van der Waals surface area contributed by atoms with Crippen LogP contribution in [0.5, 0.6) is 0 Å². The van der Waals surface area contributed by atoms with Gasteiger partial charge in [-0.25, -0.2) is 19.9 Å². The van der Waals surface area contributed by atoms with Crippen molar-refractivity contribution in [3.05, 3.63) is 369 Å². The molecule has 0 spiro atoms. The lowest BCUT2D eigenvalue weighted by Crippen LogP contribution is -1.94. The molecule has 0 saturated heterocycles. The monoisotopic (exact) mass is 1440 g/mol. The third-order valence-electron chi connectivity index (χ3n) is 21.9. The Hall–Kier alpha value is -14.7. The maximum atomic E-state index is 6.11. The number of para-hydroxylation sites is 6. The summed E-state index contributed by atoms with van der Waals surface area (Å²) in [5, 5.41) is 17.3. The van der Waals surface area contributed by atoms with Crippen molar-refractivity contribution in [2.24, 2.45) is 0 Å². The highest BCUT2D eigenvalue weighted by Crippen LogP contribution is 2.43. The Morgan fingerprint density at radius 2 is 0.604 bits per heavy atom. The van der Waals surface area contributed by atoms with Crippen molar-refractivity contribution >= 4 is 165 Å². The molecule has 10 nitrogen and oxygen atoms in total. The molecule has 0 fully saturated rings. The fourth-order valence-corrected chi connectivity index (χ4v) is 16.9. The van der Waals surface area contributed by atoms with Crippen molar-refractivity contribution in [1.29, 1.82) is 0 Å². The summed E-state index contributed by atoms with van der Waals surface area (Å²) in [5.41, 5.74) is 25.7. The minimum Gasteiger partial charge on any atom is -0.436 e. The molecular formula is C100H61ClN8O2. The van der Waals surface area contributed by atoms with E-state index in [2.05, 4.69) is 327 Å². The van der Waals surface area contributed by atoms with Gasteiger partial charge in [-0.3, -0.25) is 0 Å². The van der Waals surface area contributed by atoms with Gasteiger partial charge in [0, 0.05) is 87.3 Å². The van der Waals surface area contributed by atoms with Gasteiger partial charge in [0.25, 0.3) is 0 Å². The number of benzene rings is 16. The van der Waals surface area contributed by atoms with Crippen LogP contribution in [0.4, 0.5) is 0 Å². The van der Waals surface area contributed by atoms with E-state index in [1.807, 2.05) is 48.5 Å². The Morgan fingerprint density at radius 3 is 1.06 bits per heavy atom. The zero-order valence-corrected chi connectivity index (χ0v) is 60.2. The number of nitrogens with one attached hydrogen (secondary N) is 1. The molecule has 24 rings (SSSR count). The van der Waals surface area contributed by atoms with Gasteiger partial charge >= 0.3 is 0 Å². The summed E-state index contributed by atoms with van der Waals surface area (Å²) in [6.07, 6.45) is 3.54. The Kier molecular flexibility index (Phi) is 14.8. The largest absolute Gasteiger partial charge is 0.436 e. The van der Waals surface area contributed by atoms with E-state index in [0.29, 0.717) is 16.4 Å². The summed E-state index contributed by atoms with van der Waals surface area (Å²) in [4.78, 5) is 22.6. The summed E-state index contributed by atoms with van der Waals surface area (Å²) < 4.78 is 19.1. The zero-order valence-electron chi connectivity index (χ0n) is 59.5. The van der Waals surface area contributed by atoms with Crippen molar-refractivity contribution in [2.75, 3.05) is 0 Å². The average Bonchev–Trinajstić information content (AvgIpc) is 1.59. The van der Waals surface area contributed by atoms with Crippen LogP contribution in [0, 0.1) is 0 Å². The lowest BCUT2D eigenvalue weighted by molar-refractivity contribution is 0.653. The first-order valence-corrected chi connectivity index (χ1v) is 37.5. The van der Waals surface area contributed by atoms with E-state index < -0.39 is 0 Å². The third-order valence-corrected chi connectivity index (χ3v) is 22.2. The third kappa shape index (κ3) is 10.6. The van der Waals surface area contributed by atoms with E-state index in [9.17, 15) is 0 Å². The highest BCUT2D eigenvalue weighted by atomic mass is 35.5. The maximum Gasteiger partial charge on any atom is 0.246 e. The number of hydrogen-bond acceptors (Lipinski definition) is 6. The standard InChI is InChI=1S/C50H30N4O.C30H20N2.C20H11ClN2O/c1-2-11-35(12-3-1)53-43-16-8-6-14-38(43)40-28-33(20-25-45(40)53)34-21-26-46-41(29-34)39-15-7-9-17-44(39)54(46)36-23-18-32(19-24-36)42-30-51-50-49(52-42)48-37-13-5-4-10-31(37)22-27-47(48)55-50;1-2-8-22(9-3-1)32-29-13-7-5-11-24(29)26-19-21(15-17-30(26)32)20-14-16-28-25(18-20)23-10-4-6-12-27(23)31-28;21-14-8-5-13(6-9-14)16-11-22-20-19(23-16)18-15-4-2-1-3-12(15)7-10-17(18)24-20/h1-30H;1-19,31H;1-11H. The van der Waals surface area contributed by atoms with E-state index in [0.717, 1.165) is 93.9 Å². The topological polar surface area (TPSA) is 108 Å². The molecule has 111 heavy (non-hydrogen) atoms. The quantitative estimate of drug-likeness (QED) is 0.170. The Morgan fingerprint density at radius 1 is 0.261 bits per heavy atom. The van der Waals surface area contributed by atoms with Crippen LogP contribution in [0.25, 0.3) is 215 Å². The summed E-state index contributed by atoms with van der Waals surface area (Å²) in [7, 11) is 0. The van der Waals surface area contributed by atoms with Crippen LogP contribution in [0.1, 0.15) is 0 Å². The number of aromatic nitrogens is 8. The molecule has 24 aromatic rings. The van der Waals surface area contributed by atoms with Crippen molar-refractivity contribution in [1.82, 2.24) is 38.6 Å². The normalized spacial score (nSPS) is 11.8. The molecule has 0 saturated carbocycles. The fraction of sp³-hybridized carbons (Fsp3) is 0. The van der Waals surface area contributed by atoms with Crippen molar-refractivity contribution in [2.45, 2.75) is 0 Å². The average molecular weight is 1440 g/mol. The first-order chi connectivity index (χ1) is 54.9. The second kappa shape index (κ2) is 25.8. The van der Waals surface area contributed by atoms with Gasteiger partial charge < -0.3 is 27.5 Å². The molecule has 0 aliphatic heterocycles. The predicted octanol–water partition coefficient (Wildman–Crippen LogP) is 27.0. The number of H-pyrrole nitrogens is 1. The summed E-state index contributed by atoms with van der Waals surface area (Å²) >= 11 is 5.97. The van der Waals surface area contributed by atoms with E-state index in [1.54, 1.807) is 12.4 Å². The second-order valence-corrected chi connectivity index (χ2v) is 28.7. The van der Waals surface area contributed by atoms with Crippen LogP contribution >= 0.6 is 11.6 Å². The van der Waals surface area contributed by atoms with E-state index in [1.165, 1.54) is 110 Å². The van der Waals surface area contributed by atoms with Gasteiger partial charge in [-0.1, -0.05) is 230 Å². The highest BCUT2D eigenvalue weighted by molar-refractivity contribution is 6.30. The molecule has 8 aromatic heterocycles. The molecule has 0 aliphatic carbocycles. The lowest BCUT2D eigenvalue weighted by atomic mass is 10.0. The SMILES string of the molecule is Clc1ccc(-c2cnc3oc4ccc5ccccc5c4c3n2)cc1.c1ccc(-n2c3ccccc3c3cc(-c4ccc5[nH]c6ccccc6c5c4)ccc32)cc1.c1ccc(-n2c3ccccc3c3cc(-c4ccc5c(c4)c4ccccc4n5-c4ccc(-c5cnc6oc7ccc8ccccc8c7c6n5)cc4)ccc32)cc1. The molecule has 520 valence electrons. The molecule has 1 N–H and O–H groups in total. The van der Waals surface area contributed by atoms with Crippen LogP contribution in [-0.2, 0) is 0 Å². The number of rotatable bonds is 7. The number of furan rings is 2. The lowest BCUT2D eigenvalue weighted by Gasteiger charge is -2.10. The Balaban J connectivity index is 0.000000114. The molecule has 16 aromatic carbocycles. The van der Waals surface area contributed by atoms with E-state index in [4.69, 9.17) is 35.4 Å². The number of nitrogens with zero attached hydrogens (tertiary/aromatic N) is 7. The molecule has 11 heteroatoms. The molecule has 0 atom stereocenters. The molecular weight excluding hydrogens is 1380 g/mol. The van der Waals surface area contributed by atoms with Crippen LogP contribution in [0.2, 0.25) is 5.02 Å². The van der Waals surface area contributed by atoms with Gasteiger partial charge in [0.15, 0.2) is 0 Å². The van der Waals surface area contributed by atoms with Gasteiger partial charge in [0.05, 0.1) is 67.7 Å². The minimum atomic E-state index is 0.551. The van der Waals surface area contributed by atoms with Crippen molar-refractivity contribution < 1.29 is 8.83 Å². The van der Waals surface area contributed by atoms with Crippen LogP contribution < -0.4 is 0 Å². The Labute approximate surface area is 639 Å². The number of halogens is 1. The minimum absolute atomic E-state index is 0.551. The maximum absolute atomic E-state index is 6.11. The zero-order chi connectivity index (χ0) is 73.2. The summed E-state index contributed by atoms with van der Waals surface area (Å²) in [5.74, 6) is 0. The number of hydrogen-bond donors (Lipinski definition) is 1. The first kappa shape index (κ1) is 63.6. The second-order valence-electron chi connectivity index (χ2n) is 28.3. The van der Waals surface area contributed by atoms with Gasteiger partial charge in [-0.2, -0.15) is 0 Å². The van der Waals surface area contributed by atoms with Gasteiger partial charge in [-0.05, 0) is 177 Å². The van der Waals surface area contributed by atoms with Gasteiger partial charge in [-0.15, -0.1) is 0 Å². The molecule has 8 heterocycles. The predicted molar refractivity (Wildman–Crippen MR) is 459 cm³/mol. The van der Waals surface area contributed by atoms with Gasteiger partial charge in [0.2, 0.25) is 11.4 Å². The highest BCUT2D eigenvalue weighted by Gasteiger charge is 2.21. The molecule has 0 bridgehead atoms. The van der Waals surface area contributed by atoms with E-state index >= 15 is 0 Å². The van der Waals surface area contributed by atoms with Crippen molar-refractivity contribution in [3.63, 3.8) is 0 Å². The summed E-state index contributed by atoms with van der Waals surface area (Å²) in [6, 6.07) is 124. The molecule has 0 amide bonds. The Bertz CT molecular complexity index is 7840. The van der Waals surface area contributed by atoms with Crippen LogP contribution in [0.15, 0.2) is 373 Å². The summed E-state index contributed by atoms with van der Waals surface area (Å²) in [6.45, 7) is 0. The smallest absolute Gasteiger partial charge is 0.246 e. The fourth-order valence-electron chi connectivity index (χ4n) is 16.8. The van der Waals surface area contributed by atoms with Crippen LogP contribution in [-0.4, -0.2) is 38.6 Å².